The van der Waals surface area contributed by atoms with Gasteiger partial charge in [0.15, 0.2) is 0 Å². The Morgan fingerprint density at radius 1 is 1.30 bits per heavy atom. The third-order valence-electron chi connectivity index (χ3n) is 4.15. The molecule has 0 bridgehead atoms. The van der Waals surface area contributed by atoms with Gasteiger partial charge in [-0.05, 0) is 17.4 Å². The van der Waals surface area contributed by atoms with Crippen LogP contribution < -0.4 is 5.32 Å². The summed E-state index contributed by atoms with van der Waals surface area (Å²) in [6.45, 7) is 9.91. The fourth-order valence-corrected chi connectivity index (χ4v) is 2.95. The van der Waals surface area contributed by atoms with Crippen LogP contribution in [0.4, 0.5) is 0 Å². The minimum Gasteiger partial charge on any atom is -0.385 e. The van der Waals surface area contributed by atoms with Crippen molar-refractivity contribution in [2.75, 3.05) is 39.9 Å². The number of hydrogen-bond donors (Lipinski definition) is 1. The van der Waals surface area contributed by atoms with E-state index in [-0.39, 0.29) is 0 Å². The summed E-state index contributed by atoms with van der Waals surface area (Å²) in [7, 11) is 1.79. The van der Waals surface area contributed by atoms with Gasteiger partial charge in [-0.2, -0.15) is 0 Å². The van der Waals surface area contributed by atoms with Crippen LogP contribution in [-0.2, 0) is 4.74 Å². The fourth-order valence-electron chi connectivity index (χ4n) is 2.95. The lowest BCUT2D eigenvalue weighted by Gasteiger charge is -2.41. The maximum atomic E-state index is 5.25. The number of piperazine rings is 1. The number of nitrogens with one attached hydrogen (secondary N) is 1. The van der Waals surface area contributed by atoms with Crippen molar-refractivity contribution < 1.29 is 4.74 Å². The maximum absolute atomic E-state index is 5.25. The van der Waals surface area contributed by atoms with E-state index in [4.69, 9.17) is 4.74 Å². The van der Waals surface area contributed by atoms with Crippen LogP contribution >= 0.6 is 0 Å². The SMILES string of the molecule is COCCC(C)(C)CN1CCNCC1c1ccccc1. The molecule has 0 saturated carbocycles. The summed E-state index contributed by atoms with van der Waals surface area (Å²) in [5.74, 6) is 0. The third kappa shape index (κ3) is 4.30. The number of benzene rings is 1. The molecule has 1 aliphatic rings. The molecule has 3 heteroatoms. The van der Waals surface area contributed by atoms with Crippen molar-refractivity contribution in [3.8, 4) is 0 Å². The Morgan fingerprint density at radius 2 is 2.05 bits per heavy atom. The Hall–Kier alpha value is -0.900. The van der Waals surface area contributed by atoms with Gasteiger partial charge in [0.1, 0.15) is 0 Å². The van der Waals surface area contributed by atoms with Crippen LogP contribution in [-0.4, -0.2) is 44.8 Å². The zero-order valence-corrected chi connectivity index (χ0v) is 13.1. The second-order valence-corrected chi connectivity index (χ2v) is 6.51. The van der Waals surface area contributed by atoms with Crippen molar-refractivity contribution in [2.45, 2.75) is 26.3 Å². The van der Waals surface area contributed by atoms with Crippen LogP contribution in [0.1, 0.15) is 31.9 Å². The van der Waals surface area contributed by atoms with Crippen LogP contribution in [0, 0.1) is 5.41 Å². The van der Waals surface area contributed by atoms with Crippen molar-refractivity contribution in [3.63, 3.8) is 0 Å². The molecule has 0 radical (unpaired) electrons. The number of hydrogen-bond acceptors (Lipinski definition) is 3. The Morgan fingerprint density at radius 3 is 2.75 bits per heavy atom. The van der Waals surface area contributed by atoms with Crippen molar-refractivity contribution >= 4 is 0 Å². The molecule has 20 heavy (non-hydrogen) atoms. The molecule has 0 aromatic heterocycles. The van der Waals surface area contributed by atoms with Crippen LogP contribution in [0.3, 0.4) is 0 Å². The van der Waals surface area contributed by atoms with E-state index in [0.717, 1.165) is 39.2 Å². The number of methoxy groups -OCH3 is 1. The highest BCUT2D eigenvalue weighted by molar-refractivity contribution is 5.20. The molecule has 1 aromatic carbocycles. The number of ether oxygens (including phenoxy) is 1. The van der Waals surface area contributed by atoms with Crippen molar-refractivity contribution in [1.29, 1.82) is 0 Å². The molecule has 1 aliphatic heterocycles. The Balaban J connectivity index is 2.04. The molecule has 1 atom stereocenters. The summed E-state index contributed by atoms with van der Waals surface area (Å²) in [5, 5.41) is 3.53. The molecule has 1 fully saturated rings. The molecule has 1 unspecified atom stereocenters. The first kappa shape index (κ1) is 15.5. The predicted molar refractivity (Wildman–Crippen MR) is 83.9 cm³/mol. The lowest BCUT2D eigenvalue weighted by atomic mass is 9.87. The molecular formula is C17H28N2O. The largest absolute Gasteiger partial charge is 0.385 e. The first-order valence-corrected chi connectivity index (χ1v) is 7.61. The Kier molecular flexibility index (Phi) is 5.58. The summed E-state index contributed by atoms with van der Waals surface area (Å²) in [6.07, 6.45) is 1.11. The lowest BCUT2D eigenvalue weighted by Crippen LogP contribution is -2.49. The highest BCUT2D eigenvalue weighted by Crippen LogP contribution is 2.28. The average Bonchev–Trinajstić information content (AvgIpc) is 2.46. The molecular weight excluding hydrogens is 248 g/mol. The zero-order chi connectivity index (χ0) is 14.4. The third-order valence-corrected chi connectivity index (χ3v) is 4.15. The zero-order valence-electron chi connectivity index (χ0n) is 13.1. The van der Waals surface area contributed by atoms with E-state index in [0.29, 0.717) is 11.5 Å². The minimum atomic E-state index is 0.292. The van der Waals surface area contributed by atoms with E-state index in [9.17, 15) is 0 Å². The smallest absolute Gasteiger partial charge is 0.0473 e. The molecule has 0 aliphatic carbocycles. The topological polar surface area (TPSA) is 24.5 Å². The summed E-state index contributed by atoms with van der Waals surface area (Å²) in [5.41, 5.74) is 1.71. The summed E-state index contributed by atoms with van der Waals surface area (Å²) in [6, 6.07) is 11.3. The monoisotopic (exact) mass is 276 g/mol. The van der Waals surface area contributed by atoms with Gasteiger partial charge in [-0.1, -0.05) is 44.2 Å². The average molecular weight is 276 g/mol. The predicted octanol–water partition coefficient (Wildman–Crippen LogP) is 2.70. The number of rotatable bonds is 6. The van der Waals surface area contributed by atoms with Crippen molar-refractivity contribution in [3.05, 3.63) is 35.9 Å². The molecule has 112 valence electrons. The number of nitrogens with zero attached hydrogens (tertiary/aromatic N) is 1. The molecule has 0 spiro atoms. The first-order valence-electron chi connectivity index (χ1n) is 7.61. The van der Waals surface area contributed by atoms with E-state index in [1.54, 1.807) is 7.11 Å². The van der Waals surface area contributed by atoms with Gasteiger partial charge in [-0.25, -0.2) is 0 Å². The molecule has 1 saturated heterocycles. The summed E-state index contributed by atoms with van der Waals surface area (Å²) in [4.78, 5) is 2.63. The minimum absolute atomic E-state index is 0.292. The fraction of sp³-hybridized carbons (Fsp3) is 0.647. The van der Waals surface area contributed by atoms with Crippen LogP contribution in [0.5, 0.6) is 0 Å². The molecule has 1 heterocycles. The van der Waals surface area contributed by atoms with Crippen molar-refractivity contribution in [2.24, 2.45) is 5.41 Å². The van der Waals surface area contributed by atoms with E-state index < -0.39 is 0 Å². The second kappa shape index (κ2) is 7.21. The molecule has 0 amide bonds. The molecule has 3 nitrogen and oxygen atoms in total. The van der Waals surface area contributed by atoms with Gasteiger partial charge in [0.2, 0.25) is 0 Å². The normalized spacial score (nSPS) is 21.1. The van der Waals surface area contributed by atoms with Gasteiger partial charge in [0.25, 0.3) is 0 Å². The highest BCUT2D eigenvalue weighted by atomic mass is 16.5. The Bertz CT molecular complexity index is 391. The van der Waals surface area contributed by atoms with E-state index in [1.165, 1.54) is 5.56 Å². The second-order valence-electron chi connectivity index (χ2n) is 6.51. The van der Waals surface area contributed by atoms with Crippen LogP contribution in [0.2, 0.25) is 0 Å². The quantitative estimate of drug-likeness (QED) is 0.864. The van der Waals surface area contributed by atoms with Gasteiger partial charge in [0.05, 0.1) is 0 Å². The summed E-state index contributed by atoms with van der Waals surface area (Å²) < 4.78 is 5.25. The van der Waals surface area contributed by atoms with E-state index in [1.807, 2.05) is 0 Å². The molecule has 1 N–H and O–H groups in total. The van der Waals surface area contributed by atoms with Gasteiger partial charge in [-0.15, -0.1) is 0 Å². The lowest BCUT2D eigenvalue weighted by molar-refractivity contribution is 0.0793. The molecule has 1 aromatic rings. The van der Waals surface area contributed by atoms with Gasteiger partial charge >= 0.3 is 0 Å². The highest BCUT2D eigenvalue weighted by Gasteiger charge is 2.29. The standard InChI is InChI=1S/C17H28N2O/c1-17(2,9-12-20-3)14-19-11-10-18-13-16(19)15-7-5-4-6-8-15/h4-8,16,18H,9-14H2,1-3H3. The van der Waals surface area contributed by atoms with E-state index in [2.05, 4.69) is 54.4 Å². The van der Waals surface area contributed by atoms with Crippen LogP contribution in [0.25, 0.3) is 0 Å². The van der Waals surface area contributed by atoms with Gasteiger partial charge < -0.3 is 10.1 Å². The van der Waals surface area contributed by atoms with Gasteiger partial charge in [0, 0.05) is 45.9 Å². The first-order chi connectivity index (χ1) is 9.62. The van der Waals surface area contributed by atoms with Gasteiger partial charge in [-0.3, -0.25) is 4.90 Å². The maximum Gasteiger partial charge on any atom is 0.0473 e. The van der Waals surface area contributed by atoms with Crippen molar-refractivity contribution in [1.82, 2.24) is 10.2 Å². The van der Waals surface area contributed by atoms with Crippen LogP contribution in [0.15, 0.2) is 30.3 Å². The summed E-state index contributed by atoms with van der Waals surface area (Å²) >= 11 is 0. The molecule has 2 rings (SSSR count). The van der Waals surface area contributed by atoms with E-state index >= 15 is 0 Å². The Labute approximate surface area is 123 Å².